The van der Waals surface area contributed by atoms with Gasteiger partial charge in [-0.3, -0.25) is 9.48 Å². The first kappa shape index (κ1) is 19.2. The quantitative estimate of drug-likeness (QED) is 0.784. The van der Waals surface area contributed by atoms with Crippen LogP contribution in [0.3, 0.4) is 0 Å². The van der Waals surface area contributed by atoms with Crippen LogP contribution in [-0.2, 0) is 16.1 Å². The lowest BCUT2D eigenvalue weighted by atomic mass is 9.97. The van der Waals surface area contributed by atoms with Crippen LogP contribution in [0.4, 0.5) is 0 Å². The number of hydrogen-bond acceptors (Lipinski definition) is 6. The maximum atomic E-state index is 12.9. The van der Waals surface area contributed by atoms with Gasteiger partial charge in [-0.25, -0.2) is 0 Å². The third-order valence-corrected chi connectivity index (χ3v) is 4.72. The first-order valence-electron chi connectivity index (χ1n) is 8.89. The molecule has 0 saturated carbocycles. The fourth-order valence-corrected chi connectivity index (χ4v) is 3.38. The Morgan fingerprint density at radius 1 is 1.33 bits per heavy atom. The molecule has 1 aromatic heterocycles. The van der Waals surface area contributed by atoms with Crippen LogP contribution < -0.4 is 9.47 Å². The van der Waals surface area contributed by atoms with Crippen molar-refractivity contribution in [3.8, 4) is 11.5 Å². The molecule has 1 aliphatic rings. The lowest BCUT2D eigenvalue weighted by molar-refractivity contribution is -0.150. The number of aryl methyl sites for hydroxylation is 1. The number of rotatable bonds is 7. The van der Waals surface area contributed by atoms with Gasteiger partial charge < -0.3 is 24.2 Å². The Bertz CT molecular complexity index is 750. The zero-order chi connectivity index (χ0) is 19.2. The molecule has 0 bridgehead atoms. The van der Waals surface area contributed by atoms with Crippen LogP contribution in [0.15, 0.2) is 36.7 Å². The third kappa shape index (κ3) is 4.23. The van der Waals surface area contributed by atoms with Crippen molar-refractivity contribution < 1.29 is 24.1 Å². The molecule has 0 spiro atoms. The smallest absolute Gasteiger partial charge is 0.225 e. The van der Waals surface area contributed by atoms with Crippen molar-refractivity contribution in [1.29, 1.82) is 0 Å². The number of methoxy groups -OCH3 is 2. The maximum Gasteiger partial charge on any atom is 0.225 e. The highest BCUT2D eigenvalue weighted by atomic mass is 16.5. The van der Waals surface area contributed by atoms with Gasteiger partial charge in [-0.05, 0) is 23.8 Å². The van der Waals surface area contributed by atoms with Crippen LogP contribution in [0.2, 0.25) is 0 Å². The van der Waals surface area contributed by atoms with Gasteiger partial charge in [-0.1, -0.05) is 6.07 Å². The Labute approximate surface area is 158 Å². The van der Waals surface area contributed by atoms with E-state index in [1.807, 2.05) is 24.4 Å². The van der Waals surface area contributed by atoms with Gasteiger partial charge in [0.2, 0.25) is 5.91 Å². The Morgan fingerprint density at radius 2 is 2.15 bits per heavy atom. The topological polar surface area (TPSA) is 86.0 Å². The number of aromatic nitrogens is 2. The zero-order valence-corrected chi connectivity index (χ0v) is 15.6. The van der Waals surface area contributed by atoms with Crippen molar-refractivity contribution in [2.24, 2.45) is 0 Å². The van der Waals surface area contributed by atoms with E-state index in [4.69, 9.17) is 14.2 Å². The number of amides is 1. The van der Waals surface area contributed by atoms with Crippen molar-refractivity contribution in [2.75, 3.05) is 34.0 Å². The number of nitrogens with zero attached hydrogens (tertiary/aromatic N) is 3. The monoisotopic (exact) mass is 375 g/mol. The molecule has 3 rings (SSSR count). The standard InChI is InChI=1S/C19H25N3O5/c1-25-15-5-4-14(12-16(15)26-2)19-17(13-23)27-11-10-22(19)18(24)6-9-21-8-3-7-20-21/h3-5,7-8,12,17,19,23H,6,9-11,13H2,1-2H3. The number of carbonyl (C=O) groups excluding carboxylic acids is 1. The molecule has 1 N–H and O–H groups in total. The van der Waals surface area contributed by atoms with E-state index in [0.29, 0.717) is 37.6 Å². The van der Waals surface area contributed by atoms with E-state index in [1.54, 1.807) is 36.1 Å². The zero-order valence-electron chi connectivity index (χ0n) is 15.6. The molecular formula is C19H25N3O5. The summed E-state index contributed by atoms with van der Waals surface area (Å²) in [5, 5.41) is 13.9. The Hall–Kier alpha value is -2.58. The molecule has 27 heavy (non-hydrogen) atoms. The lowest BCUT2D eigenvalue weighted by Crippen LogP contribution is -2.49. The summed E-state index contributed by atoms with van der Waals surface area (Å²) in [4.78, 5) is 14.7. The SMILES string of the molecule is COc1ccc(C2C(CO)OCCN2C(=O)CCn2cccn2)cc1OC. The van der Waals surface area contributed by atoms with Crippen molar-refractivity contribution >= 4 is 5.91 Å². The summed E-state index contributed by atoms with van der Waals surface area (Å²) in [5.74, 6) is 1.17. The molecule has 2 unspecified atom stereocenters. The van der Waals surface area contributed by atoms with Crippen LogP contribution in [0.25, 0.3) is 0 Å². The molecule has 2 atom stereocenters. The minimum Gasteiger partial charge on any atom is -0.493 e. The maximum absolute atomic E-state index is 12.9. The summed E-state index contributed by atoms with van der Waals surface area (Å²) in [7, 11) is 3.14. The number of ether oxygens (including phenoxy) is 3. The molecule has 2 aromatic rings. The van der Waals surface area contributed by atoms with Crippen molar-refractivity contribution in [2.45, 2.75) is 25.1 Å². The summed E-state index contributed by atoms with van der Waals surface area (Å²) < 4.78 is 18.1. The van der Waals surface area contributed by atoms with E-state index in [0.717, 1.165) is 5.56 Å². The number of aliphatic hydroxyl groups is 1. The Morgan fingerprint density at radius 3 is 2.81 bits per heavy atom. The predicted molar refractivity (Wildman–Crippen MR) is 97.7 cm³/mol. The second-order valence-electron chi connectivity index (χ2n) is 6.26. The van der Waals surface area contributed by atoms with E-state index in [9.17, 15) is 9.90 Å². The van der Waals surface area contributed by atoms with Gasteiger partial charge in [-0.15, -0.1) is 0 Å². The molecule has 1 fully saturated rings. The summed E-state index contributed by atoms with van der Waals surface area (Å²) in [6.45, 7) is 1.18. The van der Waals surface area contributed by atoms with Gasteiger partial charge in [0.05, 0.1) is 33.5 Å². The lowest BCUT2D eigenvalue weighted by Gasteiger charge is -2.41. The van der Waals surface area contributed by atoms with Gasteiger partial charge >= 0.3 is 0 Å². The van der Waals surface area contributed by atoms with E-state index in [1.165, 1.54) is 0 Å². The van der Waals surface area contributed by atoms with E-state index >= 15 is 0 Å². The van der Waals surface area contributed by atoms with E-state index in [2.05, 4.69) is 5.10 Å². The molecule has 0 aliphatic carbocycles. The molecule has 1 aliphatic heterocycles. The van der Waals surface area contributed by atoms with Crippen molar-refractivity contribution in [3.63, 3.8) is 0 Å². The molecule has 8 nitrogen and oxygen atoms in total. The Balaban J connectivity index is 1.84. The summed E-state index contributed by atoms with van der Waals surface area (Å²) in [6, 6.07) is 6.93. The van der Waals surface area contributed by atoms with Crippen LogP contribution in [0, 0.1) is 0 Å². The average molecular weight is 375 g/mol. The first-order valence-corrected chi connectivity index (χ1v) is 8.89. The van der Waals surface area contributed by atoms with E-state index < -0.39 is 12.1 Å². The molecule has 0 radical (unpaired) electrons. The van der Waals surface area contributed by atoms with E-state index in [-0.39, 0.29) is 12.5 Å². The third-order valence-electron chi connectivity index (χ3n) is 4.72. The second-order valence-corrected chi connectivity index (χ2v) is 6.26. The normalized spacial score (nSPS) is 19.7. The second kappa shape index (κ2) is 8.88. The molecule has 1 amide bonds. The molecule has 8 heteroatoms. The fraction of sp³-hybridized carbons (Fsp3) is 0.474. The highest BCUT2D eigenvalue weighted by Gasteiger charge is 2.36. The largest absolute Gasteiger partial charge is 0.493 e. The fourth-order valence-electron chi connectivity index (χ4n) is 3.38. The van der Waals surface area contributed by atoms with Gasteiger partial charge in [0.15, 0.2) is 11.5 Å². The minimum absolute atomic E-state index is 0.00738. The molecule has 146 valence electrons. The van der Waals surface area contributed by atoms with Crippen molar-refractivity contribution in [1.82, 2.24) is 14.7 Å². The Kier molecular flexibility index (Phi) is 6.31. The van der Waals surface area contributed by atoms with Gasteiger partial charge in [0.1, 0.15) is 6.10 Å². The van der Waals surface area contributed by atoms with Crippen LogP contribution in [0.5, 0.6) is 11.5 Å². The summed E-state index contributed by atoms with van der Waals surface area (Å²) >= 11 is 0. The van der Waals surface area contributed by atoms with Gasteiger partial charge in [-0.2, -0.15) is 5.10 Å². The van der Waals surface area contributed by atoms with Crippen LogP contribution >= 0.6 is 0 Å². The highest BCUT2D eigenvalue weighted by Crippen LogP contribution is 2.35. The summed E-state index contributed by atoms with van der Waals surface area (Å²) in [6.07, 6.45) is 3.34. The number of carbonyl (C=O) groups is 1. The van der Waals surface area contributed by atoms with Gasteiger partial charge in [0, 0.05) is 31.9 Å². The molecule has 1 aromatic carbocycles. The molecule has 2 heterocycles. The molecule has 1 saturated heterocycles. The highest BCUT2D eigenvalue weighted by molar-refractivity contribution is 5.77. The number of benzene rings is 1. The van der Waals surface area contributed by atoms with Gasteiger partial charge in [0.25, 0.3) is 0 Å². The number of morpholine rings is 1. The van der Waals surface area contributed by atoms with Crippen molar-refractivity contribution in [3.05, 3.63) is 42.2 Å². The summed E-state index contributed by atoms with van der Waals surface area (Å²) in [5.41, 5.74) is 0.832. The number of aliphatic hydroxyl groups excluding tert-OH is 1. The first-order chi connectivity index (χ1) is 13.2. The minimum atomic E-state index is -0.495. The van der Waals surface area contributed by atoms with Crippen LogP contribution in [0.1, 0.15) is 18.0 Å². The molecular weight excluding hydrogens is 350 g/mol. The average Bonchev–Trinajstić information content (AvgIpc) is 3.24. The predicted octanol–water partition coefficient (Wildman–Crippen LogP) is 1.25. The number of hydrogen-bond donors (Lipinski definition) is 1. The van der Waals surface area contributed by atoms with Crippen LogP contribution in [-0.4, -0.2) is 65.8 Å².